The topological polar surface area (TPSA) is 38.2 Å². The maximum atomic E-state index is 12.5. The molecule has 0 unspecified atom stereocenters. The lowest BCUT2D eigenvalue weighted by atomic mass is 9.96. The second-order valence-electron chi connectivity index (χ2n) is 4.23. The first-order valence-electron chi connectivity index (χ1n) is 5.68. The number of anilines is 1. The highest BCUT2D eigenvalue weighted by Gasteiger charge is 2.41. The van der Waals surface area contributed by atoms with E-state index in [2.05, 4.69) is 9.97 Å². The van der Waals surface area contributed by atoms with E-state index in [0.29, 0.717) is 24.8 Å². The van der Waals surface area contributed by atoms with Gasteiger partial charge in [-0.1, -0.05) is 0 Å². The van der Waals surface area contributed by atoms with Gasteiger partial charge in [0, 0.05) is 13.1 Å². The van der Waals surface area contributed by atoms with Crippen molar-refractivity contribution in [2.75, 3.05) is 25.1 Å². The van der Waals surface area contributed by atoms with E-state index in [-0.39, 0.29) is 12.8 Å². The van der Waals surface area contributed by atoms with Crippen LogP contribution in [-0.2, 0) is 0 Å². The van der Waals surface area contributed by atoms with Gasteiger partial charge in [-0.15, -0.1) is 0 Å². The van der Waals surface area contributed by atoms with Gasteiger partial charge in [-0.05, 0) is 12.8 Å². The molecule has 18 heavy (non-hydrogen) atoms. The predicted octanol–water partition coefficient (Wildman–Crippen LogP) is 2.26. The molecule has 1 aliphatic heterocycles. The van der Waals surface area contributed by atoms with Gasteiger partial charge in [-0.3, -0.25) is 0 Å². The van der Waals surface area contributed by atoms with E-state index in [4.69, 9.17) is 4.74 Å². The standard InChI is InChI=1S/C11H14F3N3O/c1-18-9-6-15-10(16-7-9)17-4-2-8(3-5-17)11(12,13)14/h6-8H,2-5H2,1H3. The normalized spacial score (nSPS) is 17.9. The molecule has 0 atom stereocenters. The molecule has 0 N–H and O–H groups in total. The molecule has 2 heterocycles. The van der Waals surface area contributed by atoms with Crippen LogP contribution in [0.2, 0.25) is 0 Å². The molecular formula is C11H14F3N3O. The van der Waals surface area contributed by atoms with E-state index in [1.807, 2.05) is 0 Å². The van der Waals surface area contributed by atoms with Crippen LogP contribution in [0.5, 0.6) is 5.75 Å². The Kier molecular flexibility index (Phi) is 3.58. The zero-order chi connectivity index (χ0) is 13.2. The summed E-state index contributed by atoms with van der Waals surface area (Å²) in [6.45, 7) is 0.660. The highest BCUT2D eigenvalue weighted by atomic mass is 19.4. The van der Waals surface area contributed by atoms with Crippen LogP contribution in [0.1, 0.15) is 12.8 Å². The van der Waals surface area contributed by atoms with E-state index < -0.39 is 12.1 Å². The first-order chi connectivity index (χ1) is 8.50. The molecule has 7 heteroatoms. The third kappa shape index (κ3) is 2.83. The fourth-order valence-corrected chi connectivity index (χ4v) is 1.98. The number of rotatable bonds is 2. The van der Waals surface area contributed by atoms with Crippen molar-refractivity contribution in [3.63, 3.8) is 0 Å². The summed E-state index contributed by atoms with van der Waals surface area (Å²) in [4.78, 5) is 9.90. The molecule has 4 nitrogen and oxygen atoms in total. The minimum atomic E-state index is -4.09. The second-order valence-corrected chi connectivity index (χ2v) is 4.23. The van der Waals surface area contributed by atoms with Crippen molar-refractivity contribution in [1.82, 2.24) is 9.97 Å². The van der Waals surface area contributed by atoms with Crippen LogP contribution in [0, 0.1) is 5.92 Å². The smallest absolute Gasteiger partial charge is 0.391 e. The molecule has 0 aliphatic carbocycles. The average Bonchev–Trinajstić information content (AvgIpc) is 2.38. The lowest BCUT2D eigenvalue weighted by Gasteiger charge is -2.32. The molecular weight excluding hydrogens is 247 g/mol. The lowest BCUT2D eigenvalue weighted by molar-refractivity contribution is -0.179. The van der Waals surface area contributed by atoms with Gasteiger partial charge in [0.25, 0.3) is 0 Å². The number of halogens is 3. The van der Waals surface area contributed by atoms with Crippen molar-refractivity contribution < 1.29 is 17.9 Å². The Morgan fingerprint density at radius 1 is 1.22 bits per heavy atom. The zero-order valence-corrected chi connectivity index (χ0v) is 9.94. The summed E-state index contributed by atoms with van der Waals surface area (Å²) in [5, 5.41) is 0. The van der Waals surface area contributed by atoms with Gasteiger partial charge in [0.1, 0.15) is 0 Å². The molecule has 1 aliphatic rings. The van der Waals surface area contributed by atoms with E-state index in [0.717, 1.165) is 0 Å². The van der Waals surface area contributed by atoms with Crippen LogP contribution in [0.15, 0.2) is 12.4 Å². The minimum Gasteiger partial charge on any atom is -0.494 e. The van der Waals surface area contributed by atoms with Crippen molar-refractivity contribution >= 4 is 5.95 Å². The molecule has 1 saturated heterocycles. The van der Waals surface area contributed by atoms with Crippen molar-refractivity contribution in [1.29, 1.82) is 0 Å². The highest BCUT2D eigenvalue weighted by Crippen LogP contribution is 2.34. The first kappa shape index (κ1) is 12.9. The monoisotopic (exact) mass is 261 g/mol. The summed E-state index contributed by atoms with van der Waals surface area (Å²) in [5.41, 5.74) is 0. The second kappa shape index (κ2) is 4.99. The van der Waals surface area contributed by atoms with Gasteiger partial charge in [-0.25, -0.2) is 9.97 Å². The Morgan fingerprint density at radius 2 is 1.78 bits per heavy atom. The van der Waals surface area contributed by atoms with Crippen LogP contribution >= 0.6 is 0 Å². The van der Waals surface area contributed by atoms with Crippen LogP contribution in [0.4, 0.5) is 19.1 Å². The molecule has 1 fully saturated rings. The molecule has 0 aromatic carbocycles. The molecule has 100 valence electrons. The summed E-state index contributed by atoms with van der Waals surface area (Å²) in [6.07, 6.45) is -0.874. The fourth-order valence-electron chi connectivity index (χ4n) is 1.98. The van der Waals surface area contributed by atoms with Crippen molar-refractivity contribution in [2.24, 2.45) is 5.92 Å². The number of alkyl halides is 3. The molecule has 0 bridgehead atoms. The number of piperidine rings is 1. The SMILES string of the molecule is COc1cnc(N2CCC(C(F)(F)F)CC2)nc1. The molecule has 1 aromatic rings. The van der Waals surface area contributed by atoms with Gasteiger partial charge < -0.3 is 9.64 Å². The van der Waals surface area contributed by atoms with E-state index in [1.165, 1.54) is 19.5 Å². The van der Waals surface area contributed by atoms with Gasteiger partial charge in [0.15, 0.2) is 5.75 Å². The van der Waals surface area contributed by atoms with Crippen molar-refractivity contribution in [2.45, 2.75) is 19.0 Å². The van der Waals surface area contributed by atoms with Gasteiger partial charge in [0.2, 0.25) is 5.95 Å². The number of aromatic nitrogens is 2. The Labute approximate surface area is 103 Å². The van der Waals surface area contributed by atoms with Crippen LogP contribution < -0.4 is 9.64 Å². The molecule has 0 spiro atoms. The molecule has 0 radical (unpaired) electrons. The summed E-state index contributed by atoms with van der Waals surface area (Å²) in [5.74, 6) is -0.215. The Morgan fingerprint density at radius 3 is 2.22 bits per heavy atom. The predicted molar refractivity (Wildman–Crippen MR) is 59.6 cm³/mol. The summed E-state index contributed by atoms with van der Waals surface area (Å²) < 4.78 is 42.4. The maximum Gasteiger partial charge on any atom is 0.391 e. The third-order valence-electron chi connectivity index (χ3n) is 3.09. The lowest BCUT2D eigenvalue weighted by Crippen LogP contribution is -2.39. The van der Waals surface area contributed by atoms with Gasteiger partial charge in [0.05, 0.1) is 25.4 Å². The van der Waals surface area contributed by atoms with Crippen molar-refractivity contribution in [3.05, 3.63) is 12.4 Å². The fraction of sp³-hybridized carbons (Fsp3) is 0.636. The van der Waals surface area contributed by atoms with E-state index >= 15 is 0 Å². The number of methoxy groups -OCH3 is 1. The highest BCUT2D eigenvalue weighted by molar-refractivity contribution is 5.31. The summed E-state index contributed by atoms with van der Waals surface area (Å²) in [6, 6.07) is 0. The van der Waals surface area contributed by atoms with E-state index in [9.17, 15) is 13.2 Å². The summed E-state index contributed by atoms with van der Waals surface area (Å²) >= 11 is 0. The molecule has 2 rings (SSSR count). The van der Waals surface area contributed by atoms with Crippen molar-refractivity contribution in [3.8, 4) is 5.75 Å². The third-order valence-corrected chi connectivity index (χ3v) is 3.09. The number of hydrogen-bond acceptors (Lipinski definition) is 4. The number of ether oxygens (including phenoxy) is 1. The minimum absolute atomic E-state index is 0.0961. The number of nitrogens with zero attached hydrogens (tertiary/aromatic N) is 3. The Balaban J connectivity index is 1.96. The quantitative estimate of drug-likeness (QED) is 0.818. The Bertz CT molecular complexity index is 386. The van der Waals surface area contributed by atoms with Gasteiger partial charge >= 0.3 is 6.18 Å². The molecule has 0 amide bonds. The average molecular weight is 261 g/mol. The zero-order valence-electron chi connectivity index (χ0n) is 9.94. The van der Waals surface area contributed by atoms with Gasteiger partial charge in [-0.2, -0.15) is 13.2 Å². The number of hydrogen-bond donors (Lipinski definition) is 0. The molecule has 0 saturated carbocycles. The summed E-state index contributed by atoms with van der Waals surface area (Å²) in [7, 11) is 1.51. The van der Waals surface area contributed by atoms with Crippen LogP contribution in [0.25, 0.3) is 0 Å². The Hall–Kier alpha value is -1.53. The van der Waals surface area contributed by atoms with E-state index in [1.54, 1.807) is 4.90 Å². The maximum absolute atomic E-state index is 12.5. The van der Waals surface area contributed by atoms with Crippen LogP contribution in [0.3, 0.4) is 0 Å². The largest absolute Gasteiger partial charge is 0.494 e. The first-order valence-corrected chi connectivity index (χ1v) is 5.68. The van der Waals surface area contributed by atoms with Crippen LogP contribution in [-0.4, -0.2) is 36.3 Å². The molecule has 1 aromatic heterocycles.